The zero-order valence-electron chi connectivity index (χ0n) is 15.7. The van der Waals surface area contributed by atoms with Crippen LogP contribution in [0, 0.1) is 0 Å². The third kappa shape index (κ3) is 5.95. The van der Waals surface area contributed by atoms with E-state index in [1.165, 1.54) is 23.3 Å². The number of piperazine rings is 1. The Labute approximate surface area is 162 Å². The molecule has 1 aliphatic carbocycles. The molecule has 0 aromatic heterocycles. The van der Waals surface area contributed by atoms with E-state index in [-0.39, 0.29) is 5.91 Å². The first kappa shape index (κ1) is 19.1. The Hall–Kier alpha value is -1.66. The van der Waals surface area contributed by atoms with Gasteiger partial charge < -0.3 is 20.4 Å². The van der Waals surface area contributed by atoms with Crippen molar-refractivity contribution in [1.82, 2.24) is 10.2 Å². The van der Waals surface area contributed by atoms with E-state index in [2.05, 4.69) is 46.7 Å². The maximum atomic E-state index is 11.9. The number of aryl methyl sites for hydroxylation is 1. The summed E-state index contributed by atoms with van der Waals surface area (Å²) in [5.41, 5.74) is 2.43. The summed E-state index contributed by atoms with van der Waals surface area (Å²) in [5, 5.41) is 7.21. The minimum absolute atomic E-state index is 0.194. The molecule has 1 saturated carbocycles. The lowest BCUT2D eigenvalue weighted by molar-refractivity contribution is -0.895. The maximum absolute atomic E-state index is 11.9. The highest BCUT2D eigenvalue weighted by Gasteiger charge is 2.27. The number of rotatable bonds is 7. The predicted octanol–water partition coefficient (Wildman–Crippen LogP) is 1.21. The molecular formula is C20H31N4OS+. The van der Waals surface area contributed by atoms with E-state index in [9.17, 15) is 4.79 Å². The lowest BCUT2D eigenvalue weighted by Gasteiger charge is -2.33. The summed E-state index contributed by atoms with van der Waals surface area (Å²) in [6, 6.07) is 9.04. The normalized spacial score (nSPS) is 17.8. The van der Waals surface area contributed by atoms with Crippen molar-refractivity contribution >= 4 is 28.9 Å². The van der Waals surface area contributed by atoms with Crippen LogP contribution in [0.4, 0.5) is 5.69 Å². The van der Waals surface area contributed by atoms with E-state index >= 15 is 0 Å². The van der Waals surface area contributed by atoms with E-state index in [4.69, 9.17) is 12.2 Å². The second kappa shape index (κ2) is 9.33. The highest BCUT2D eigenvalue weighted by molar-refractivity contribution is 7.80. The van der Waals surface area contributed by atoms with Gasteiger partial charge in [-0.2, -0.15) is 0 Å². The molecule has 26 heavy (non-hydrogen) atoms. The molecule has 1 aromatic rings. The summed E-state index contributed by atoms with van der Waals surface area (Å²) in [6.45, 7) is 6.50. The molecule has 5 nitrogen and oxygen atoms in total. The summed E-state index contributed by atoms with van der Waals surface area (Å²) in [7, 11) is 0. The Morgan fingerprint density at radius 2 is 1.92 bits per heavy atom. The smallest absolute Gasteiger partial charge is 0.275 e. The van der Waals surface area contributed by atoms with Crippen molar-refractivity contribution in [1.29, 1.82) is 0 Å². The second-order valence-corrected chi connectivity index (χ2v) is 7.87. The molecule has 0 atom stereocenters. The molecule has 0 radical (unpaired) electrons. The number of nitrogens with one attached hydrogen (secondary N) is 3. The molecule has 1 saturated heterocycles. The highest BCUT2D eigenvalue weighted by atomic mass is 32.1. The van der Waals surface area contributed by atoms with Gasteiger partial charge in [0.25, 0.3) is 5.91 Å². The van der Waals surface area contributed by atoms with Crippen LogP contribution in [0.15, 0.2) is 24.3 Å². The third-order valence-electron chi connectivity index (χ3n) is 5.13. The number of hydrogen-bond donors (Lipinski definition) is 3. The molecule has 3 N–H and O–H groups in total. The molecule has 2 aliphatic rings. The monoisotopic (exact) mass is 375 g/mol. The minimum Gasteiger partial charge on any atom is -0.348 e. The summed E-state index contributed by atoms with van der Waals surface area (Å²) < 4.78 is 0. The van der Waals surface area contributed by atoms with Gasteiger partial charge in [0, 0.05) is 11.7 Å². The maximum Gasteiger partial charge on any atom is 0.275 e. The van der Waals surface area contributed by atoms with Crippen molar-refractivity contribution < 1.29 is 9.69 Å². The average molecular weight is 376 g/mol. The number of hydrogen-bond acceptors (Lipinski definition) is 2. The highest BCUT2D eigenvalue weighted by Crippen LogP contribution is 2.18. The van der Waals surface area contributed by atoms with Gasteiger partial charge in [-0.25, -0.2) is 0 Å². The largest absolute Gasteiger partial charge is 0.348 e. The Balaban J connectivity index is 1.39. The van der Waals surface area contributed by atoms with Crippen molar-refractivity contribution in [2.75, 3.05) is 38.0 Å². The number of benzene rings is 1. The van der Waals surface area contributed by atoms with Gasteiger partial charge in [0.1, 0.15) is 0 Å². The van der Waals surface area contributed by atoms with Crippen LogP contribution < -0.4 is 15.5 Å². The van der Waals surface area contributed by atoms with Gasteiger partial charge in [0.2, 0.25) is 0 Å². The third-order valence-corrected chi connectivity index (χ3v) is 5.50. The first-order chi connectivity index (χ1) is 12.6. The van der Waals surface area contributed by atoms with Crippen LogP contribution >= 0.6 is 12.2 Å². The average Bonchev–Trinajstić information content (AvgIpc) is 3.45. The molecule has 1 amide bonds. The number of amides is 1. The molecule has 1 aromatic carbocycles. The van der Waals surface area contributed by atoms with Crippen molar-refractivity contribution in [2.45, 2.75) is 45.1 Å². The van der Waals surface area contributed by atoms with Gasteiger partial charge in [-0.1, -0.05) is 25.5 Å². The van der Waals surface area contributed by atoms with Gasteiger partial charge in [-0.05, 0) is 55.6 Å². The molecule has 0 spiro atoms. The molecule has 2 fully saturated rings. The summed E-state index contributed by atoms with van der Waals surface area (Å²) in [5.74, 6) is 0.194. The second-order valence-electron chi connectivity index (χ2n) is 7.49. The minimum atomic E-state index is 0.194. The summed E-state index contributed by atoms with van der Waals surface area (Å²) in [4.78, 5) is 15.5. The Bertz CT molecular complexity index is 607. The first-order valence-electron chi connectivity index (χ1n) is 9.92. The molecule has 3 rings (SSSR count). The van der Waals surface area contributed by atoms with Crippen molar-refractivity contribution in [3.05, 3.63) is 29.8 Å². The van der Waals surface area contributed by atoms with E-state index in [0.29, 0.717) is 12.6 Å². The molecule has 6 heteroatoms. The van der Waals surface area contributed by atoms with Crippen LogP contribution in [-0.4, -0.2) is 54.7 Å². The molecule has 0 unspecified atom stereocenters. The van der Waals surface area contributed by atoms with Gasteiger partial charge in [0.15, 0.2) is 11.7 Å². The Morgan fingerprint density at radius 3 is 2.54 bits per heavy atom. The topological polar surface area (TPSA) is 48.8 Å². The molecule has 142 valence electrons. The quantitative estimate of drug-likeness (QED) is 0.627. The van der Waals surface area contributed by atoms with Crippen molar-refractivity contribution in [3.63, 3.8) is 0 Å². The van der Waals surface area contributed by atoms with Crippen LogP contribution in [0.5, 0.6) is 0 Å². The molecule has 1 heterocycles. The van der Waals surface area contributed by atoms with E-state index in [1.54, 1.807) is 0 Å². The van der Waals surface area contributed by atoms with E-state index in [1.807, 2.05) is 0 Å². The zero-order valence-corrected chi connectivity index (χ0v) is 16.5. The number of carbonyl (C=O) groups excluding carboxylic acids is 1. The fourth-order valence-corrected chi connectivity index (χ4v) is 3.57. The number of thiocarbonyl (C=S) groups is 1. The van der Waals surface area contributed by atoms with Crippen molar-refractivity contribution in [3.8, 4) is 0 Å². The van der Waals surface area contributed by atoms with Crippen LogP contribution in [0.3, 0.4) is 0 Å². The lowest BCUT2D eigenvalue weighted by atomic mass is 10.1. The molecular weight excluding hydrogens is 344 g/mol. The zero-order chi connectivity index (χ0) is 18.4. The molecule has 1 aliphatic heterocycles. The van der Waals surface area contributed by atoms with Crippen molar-refractivity contribution in [2.24, 2.45) is 0 Å². The van der Waals surface area contributed by atoms with Crippen LogP contribution in [0.25, 0.3) is 0 Å². The first-order valence-corrected chi connectivity index (χ1v) is 10.3. The summed E-state index contributed by atoms with van der Waals surface area (Å²) >= 11 is 5.58. The Morgan fingerprint density at radius 1 is 1.23 bits per heavy atom. The van der Waals surface area contributed by atoms with E-state index < -0.39 is 0 Å². The fraction of sp³-hybridized carbons (Fsp3) is 0.600. The number of nitrogens with zero attached hydrogens (tertiary/aromatic N) is 1. The fourth-order valence-electron chi connectivity index (χ4n) is 3.27. The van der Waals surface area contributed by atoms with Gasteiger partial charge in [0.05, 0.1) is 26.2 Å². The number of anilines is 1. The van der Waals surface area contributed by atoms with Crippen LogP contribution in [0.1, 0.15) is 38.2 Å². The van der Waals surface area contributed by atoms with Crippen LogP contribution in [-0.2, 0) is 11.2 Å². The Kier molecular flexibility index (Phi) is 6.86. The SMILES string of the molecule is CCCCc1ccc(NC(=S)N2CC[NH+](CC(=O)NC3CC3)CC2)cc1. The number of quaternary nitrogens is 1. The number of unbranched alkanes of at least 4 members (excludes halogenated alkanes) is 1. The van der Waals surface area contributed by atoms with E-state index in [0.717, 1.165) is 56.2 Å². The van der Waals surface area contributed by atoms with Gasteiger partial charge in [-0.3, -0.25) is 4.79 Å². The lowest BCUT2D eigenvalue weighted by Crippen LogP contribution is -3.15. The molecule has 0 bridgehead atoms. The van der Waals surface area contributed by atoms with Gasteiger partial charge in [-0.15, -0.1) is 0 Å². The summed E-state index contributed by atoms with van der Waals surface area (Å²) in [6.07, 6.45) is 5.89. The predicted molar refractivity (Wildman–Crippen MR) is 110 cm³/mol. The number of carbonyl (C=O) groups is 1. The van der Waals surface area contributed by atoms with Gasteiger partial charge >= 0.3 is 0 Å². The van der Waals surface area contributed by atoms with Crippen LogP contribution in [0.2, 0.25) is 0 Å². The standard InChI is InChI=1S/C20H30N4OS/c1-2-3-4-16-5-7-18(8-6-16)22-20(26)24-13-11-23(12-14-24)15-19(25)21-17-9-10-17/h5-8,17H,2-4,9-15H2,1H3,(H,21,25)(H,22,26)/p+1.